The van der Waals surface area contributed by atoms with Crippen LogP contribution in [0, 0.1) is 0 Å². The number of fused-ring (bicyclic) bond motifs is 3. The normalized spacial score (nSPS) is 11.2. The van der Waals surface area contributed by atoms with Crippen LogP contribution in [-0.4, -0.2) is 4.57 Å². The molecule has 2 N–H and O–H groups in total. The second kappa shape index (κ2) is 5.78. The molecule has 1 heterocycles. The zero-order valence-corrected chi connectivity index (χ0v) is 14.3. The number of para-hydroxylation sites is 3. The molecule has 26 heavy (non-hydrogen) atoms. The molecule has 0 saturated carbocycles. The van der Waals surface area contributed by atoms with Crippen LogP contribution in [0.2, 0.25) is 0 Å². The summed E-state index contributed by atoms with van der Waals surface area (Å²) < 4.78 is 2.33. The van der Waals surface area contributed by atoms with Crippen molar-refractivity contribution in [2.24, 2.45) is 0 Å². The summed E-state index contributed by atoms with van der Waals surface area (Å²) in [5.74, 6) is 0. The molecule has 2 heteroatoms. The maximum Gasteiger partial charge on any atom is 0.0541 e. The molecular formula is C24H18N2. The lowest BCUT2D eigenvalue weighted by Crippen LogP contribution is -1.95. The Kier molecular flexibility index (Phi) is 3.29. The minimum absolute atomic E-state index is 0.798. The van der Waals surface area contributed by atoms with Crippen LogP contribution in [0.15, 0.2) is 97.1 Å². The molecule has 0 fully saturated rings. The van der Waals surface area contributed by atoms with Gasteiger partial charge in [0.05, 0.1) is 11.0 Å². The summed E-state index contributed by atoms with van der Waals surface area (Å²) in [6, 6.07) is 33.7. The van der Waals surface area contributed by atoms with E-state index >= 15 is 0 Å². The Morgan fingerprint density at radius 3 is 1.88 bits per heavy atom. The Morgan fingerprint density at radius 2 is 1.19 bits per heavy atom. The average molecular weight is 334 g/mol. The first kappa shape index (κ1) is 14.8. The molecule has 2 nitrogen and oxygen atoms in total. The van der Waals surface area contributed by atoms with Gasteiger partial charge in [-0.1, -0.05) is 66.7 Å². The molecule has 5 aromatic rings. The van der Waals surface area contributed by atoms with Gasteiger partial charge in [0.25, 0.3) is 0 Å². The number of aromatic nitrogens is 1. The third-order valence-electron chi connectivity index (χ3n) is 4.96. The number of hydrogen-bond donors (Lipinski definition) is 1. The highest BCUT2D eigenvalue weighted by Crippen LogP contribution is 2.33. The van der Waals surface area contributed by atoms with Crippen LogP contribution in [0.1, 0.15) is 0 Å². The Hall–Kier alpha value is -3.52. The molecule has 1 aromatic heterocycles. The SMILES string of the molecule is Nc1ccccc1-c1cccc(-n2c3ccccc3c3ccccc32)c1. The quantitative estimate of drug-likeness (QED) is 0.392. The van der Waals surface area contributed by atoms with Crippen LogP contribution in [0.3, 0.4) is 0 Å². The zero-order chi connectivity index (χ0) is 17.5. The van der Waals surface area contributed by atoms with Gasteiger partial charge in [0.2, 0.25) is 0 Å². The molecule has 0 atom stereocenters. The summed E-state index contributed by atoms with van der Waals surface area (Å²) in [6.45, 7) is 0. The highest BCUT2D eigenvalue weighted by Gasteiger charge is 2.12. The second-order valence-electron chi connectivity index (χ2n) is 6.51. The molecule has 0 amide bonds. The van der Waals surface area contributed by atoms with Crippen LogP contribution in [0.25, 0.3) is 38.6 Å². The van der Waals surface area contributed by atoms with Crippen molar-refractivity contribution >= 4 is 27.5 Å². The van der Waals surface area contributed by atoms with E-state index in [0.717, 1.165) is 22.5 Å². The van der Waals surface area contributed by atoms with Gasteiger partial charge in [0, 0.05) is 27.7 Å². The van der Waals surface area contributed by atoms with Crippen LogP contribution < -0.4 is 5.73 Å². The van der Waals surface area contributed by atoms with E-state index in [9.17, 15) is 0 Å². The minimum atomic E-state index is 0.798. The third kappa shape index (κ3) is 2.20. The predicted molar refractivity (Wildman–Crippen MR) is 111 cm³/mol. The lowest BCUT2D eigenvalue weighted by Gasteiger charge is -2.11. The van der Waals surface area contributed by atoms with Gasteiger partial charge in [-0.05, 0) is 35.9 Å². The number of nitrogens with zero attached hydrogens (tertiary/aromatic N) is 1. The number of rotatable bonds is 2. The second-order valence-corrected chi connectivity index (χ2v) is 6.51. The van der Waals surface area contributed by atoms with Gasteiger partial charge in [-0.15, -0.1) is 0 Å². The van der Waals surface area contributed by atoms with Crippen molar-refractivity contribution in [2.75, 3.05) is 5.73 Å². The van der Waals surface area contributed by atoms with E-state index in [-0.39, 0.29) is 0 Å². The van der Waals surface area contributed by atoms with E-state index in [0.29, 0.717) is 0 Å². The van der Waals surface area contributed by atoms with Crippen molar-refractivity contribution in [3.8, 4) is 16.8 Å². The van der Waals surface area contributed by atoms with Crippen molar-refractivity contribution in [1.82, 2.24) is 4.57 Å². The molecule has 4 aromatic carbocycles. The van der Waals surface area contributed by atoms with Gasteiger partial charge in [0.15, 0.2) is 0 Å². The van der Waals surface area contributed by atoms with E-state index in [2.05, 4.69) is 83.4 Å². The largest absolute Gasteiger partial charge is 0.398 e. The molecule has 0 bridgehead atoms. The summed E-state index contributed by atoms with van der Waals surface area (Å²) in [4.78, 5) is 0. The summed E-state index contributed by atoms with van der Waals surface area (Å²) in [5.41, 5.74) is 12.8. The van der Waals surface area contributed by atoms with Crippen LogP contribution in [0.5, 0.6) is 0 Å². The monoisotopic (exact) mass is 334 g/mol. The number of anilines is 1. The van der Waals surface area contributed by atoms with E-state index in [1.165, 1.54) is 21.8 Å². The Bertz CT molecular complexity index is 1190. The average Bonchev–Trinajstić information content (AvgIpc) is 3.03. The van der Waals surface area contributed by atoms with Gasteiger partial charge in [-0.3, -0.25) is 0 Å². The van der Waals surface area contributed by atoms with E-state index < -0.39 is 0 Å². The molecule has 5 rings (SSSR count). The lowest BCUT2D eigenvalue weighted by atomic mass is 10.0. The molecular weight excluding hydrogens is 316 g/mol. The predicted octanol–water partition coefficient (Wildman–Crippen LogP) is 6.03. The molecule has 0 unspecified atom stereocenters. The maximum atomic E-state index is 6.20. The summed E-state index contributed by atoms with van der Waals surface area (Å²) in [6.07, 6.45) is 0. The Morgan fingerprint density at radius 1 is 0.577 bits per heavy atom. The molecule has 0 radical (unpaired) electrons. The number of nitrogen functional groups attached to an aromatic ring is 1. The Labute approximate surface area is 152 Å². The van der Waals surface area contributed by atoms with Crippen LogP contribution in [-0.2, 0) is 0 Å². The summed E-state index contributed by atoms with van der Waals surface area (Å²) in [5, 5.41) is 2.54. The summed E-state index contributed by atoms with van der Waals surface area (Å²) in [7, 11) is 0. The number of nitrogens with two attached hydrogens (primary N) is 1. The van der Waals surface area contributed by atoms with Gasteiger partial charge in [-0.2, -0.15) is 0 Å². The van der Waals surface area contributed by atoms with Crippen molar-refractivity contribution in [3.63, 3.8) is 0 Å². The Balaban J connectivity index is 1.81. The maximum absolute atomic E-state index is 6.20. The van der Waals surface area contributed by atoms with Crippen molar-refractivity contribution < 1.29 is 0 Å². The van der Waals surface area contributed by atoms with Gasteiger partial charge in [0.1, 0.15) is 0 Å². The molecule has 0 aliphatic rings. The zero-order valence-electron chi connectivity index (χ0n) is 14.3. The van der Waals surface area contributed by atoms with Crippen LogP contribution >= 0.6 is 0 Å². The molecule has 0 aliphatic heterocycles. The lowest BCUT2D eigenvalue weighted by molar-refractivity contribution is 1.18. The first-order valence-electron chi connectivity index (χ1n) is 8.76. The molecule has 0 saturated heterocycles. The standard InChI is InChI=1S/C24H18N2/c25-22-13-4-1-10-19(22)17-8-7-9-18(16-17)26-23-14-5-2-11-20(23)21-12-3-6-15-24(21)26/h1-16H,25H2. The fourth-order valence-electron chi connectivity index (χ4n) is 3.77. The number of benzene rings is 4. The summed E-state index contributed by atoms with van der Waals surface area (Å²) >= 11 is 0. The molecule has 0 spiro atoms. The van der Waals surface area contributed by atoms with E-state index in [1.807, 2.05) is 18.2 Å². The van der Waals surface area contributed by atoms with Gasteiger partial charge < -0.3 is 10.3 Å². The fourth-order valence-corrected chi connectivity index (χ4v) is 3.77. The fraction of sp³-hybridized carbons (Fsp3) is 0. The smallest absolute Gasteiger partial charge is 0.0541 e. The van der Waals surface area contributed by atoms with Gasteiger partial charge >= 0.3 is 0 Å². The minimum Gasteiger partial charge on any atom is -0.398 e. The van der Waals surface area contributed by atoms with Crippen LogP contribution in [0.4, 0.5) is 5.69 Å². The highest BCUT2D eigenvalue weighted by molar-refractivity contribution is 6.09. The number of hydrogen-bond acceptors (Lipinski definition) is 1. The topological polar surface area (TPSA) is 30.9 Å². The first-order chi connectivity index (χ1) is 12.8. The molecule has 124 valence electrons. The highest BCUT2D eigenvalue weighted by atomic mass is 15.0. The van der Waals surface area contributed by atoms with Crippen molar-refractivity contribution in [2.45, 2.75) is 0 Å². The van der Waals surface area contributed by atoms with Crippen molar-refractivity contribution in [3.05, 3.63) is 97.1 Å². The van der Waals surface area contributed by atoms with Crippen molar-refractivity contribution in [1.29, 1.82) is 0 Å². The molecule has 0 aliphatic carbocycles. The first-order valence-corrected chi connectivity index (χ1v) is 8.76. The van der Waals surface area contributed by atoms with E-state index in [1.54, 1.807) is 0 Å². The van der Waals surface area contributed by atoms with E-state index in [4.69, 9.17) is 5.73 Å². The third-order valence-corrected chi connectivity index (χ3v) is 4.96. The van der Waals surface area contributed by atoms with Gasteiger partial charge in [-0.25, -0.2) is 0 Å².